The van der Waals surface area contributed by atoms with Gasteiger partial charge in [-0.1, -0.05) is 0 Å². The van der Waals surface area contributed by atoms with E-state index in [0.717, 1.165) is 15.2 Å². The van der Waals surface area contributed by atoms with Crippen LogP contribution in [0.25, 0.3) is 0 Å². The van der Waals surface area contributed by atoms with Gasteiger partial charge in [0.1, 0.15) is 4.21 Å². The third kappa shape index (κ3) is 3.57. The first-order chi connectivity index (χ1) is 10.9. The van der Waals surface area contributed by atoms with Crippen LogP contribution in [0.1, 0.15) is 11.4 Å². The van der Waals surface area contributed by atoms with Crippen LogP contribution < -0.4 is 4.90 Å². The Morgan fingerprint density at radius 1 is 1.09 bits per heavy atom. The van der Waals surface area contributed by atoms with Crippen LogP contribution in [0.15, 0.2) is 26.2 Å². The summed E-state index contributed by atoms with van der Waals surface area (Å²) in [6.45, 7) is 5.94. The highest BCUT2D eigenvalue weighted by molar-refractivity contribution is 9.11. The molecule has 2 aromatic rings. The van der Waals surface area contributed by atoms with Crippen LogP contribution in [-0.2, 0) is 10.0 Å². The Bertz CT molecular complexity index is 794. The quantitative estimate of drug-likeness (QED) is 0.768. The number of hydrogen-bond acceptors (Lipinski definition) is 6. The molecular weight excluding hydrogens is 400 g/mol. The lowest BCUT2D eigenvalue weighted by atomic mass is 10.3. The van der Waals surface area contributed by atoms with E-state index in [1.807, 2.05) is 24.8 Å². The summed E-state index contributed by atoms with van der Waals surface area (Å²) in [5, 5.41) is 0. The fraction of sp³-hybridized carbons (Fsp3) is 0.429. The van der Waals surface area contributed by atoms with Gasteiger partial charge in [0.15, 0.2) is 0 Å². The zero-order valence-electron chi connectivity index (χ0n) is 12.9. The van der Waals surface area contributed by atoms with E-state index in [-0.39, 0.29) is 0 Å². The van der Waals surface area contributed by atoms with Crippen LogP contribution in [0, 0.1) is 13.8 Å². The first kappa shape index (κ1) is 16.8. The van der Waals surface area contributed by atoms with E-state index < -0.39 is 10.0 Å². The van der Waals surface area contributed by atoms with Gasteiger partial charge in [0.2, 0.25) is 5.95 Å². The standard InChI is InChI=1S/C14H17BrN4O2S2/c1-10-9-11(2)17-14(16-10)18-5-7-19(8-6-18)23(20,21)13-4-3-12(15)22-13/h3-4,9H,5-8H2,1-2H3. The van der Waals surface area contributed by atoms with Gasteiger partial charge in [-0.2, -0.15) is 4.31 Å². The molecular formula is C14H17BrN4O2S2. The van der Waals surface area contributed by atoms with E-state index in [9.17, 15) is 8.42 Å². The lowest BCUT2D eigenvalue weighted by Crippen LogP contribution is -2.49. The summed E-state index contributed by atoms with van der Waals surface area (Å²) < 4.78 is 28.0. The van der Waals surface area contributed by atoms with Crippen molar-refractivity contribution in [3.05, 3.63) is 33.4 Å². The molecule has 9 heteroatoms. The van der Waals surface area contributed by atoms with Crippen LogP contribution in [0.3, 0.4) is 0 Å². The fourth-order valence-electron chi connectivity index (χ4n) is 2.54. The number of halogens is 1. The van der Waals surface area contributed by atoms with Crippen molar-refractivity contribution in [2.24, 2.45) is 0 Å². The molecule has 1 aliphatic rings. The Morgan fingerprint density at radius 3 is 2.22 bits per heavy atom. The summed E-state index contributed by atoms with van der Waals surface area (Å²) in [7, 11) is -3.41. The largest absolute Gasteiger partial charge is 0.338 e. The Labute approximate surface area is 148 Å². The van der Waals surface area contributed by atoms with Crippen molar-refractivity contribution in [2.75, 3.05) is 31.1 Å². The number of anilines is 1. The van der Waals surface area contributed by atoms with Gasteiger partial charge in [0.05, 0.1) is 3.79 Å². The molecule has 0 unspecified atom stereocenters. The van der Waals surface area contributed by atoms with E-state index in [2.05, 4.69) is 25.9 Å². The molecule has 0 amide bonds. The first-order valence-corrected chi connectivity index (χ1v) is 10.2. The van der Waals surface area contributed by atoms with Crippen molar-refractivity contribution in [3.63, 3.8) is 0 Å². The zero-order valence-corrected chi connectivity index (χ0v) is 16.1. The number of thiophene rings is 1. The van der Waals surface area contributed by atoms with Gasteiger partial charge in [-0.05, 0) is 48.0 Å². The third-order valence-corrected chi connectivity index (χ3v) is 7.62. The second-order valence-electron chi connectivity index (χ2n) is 5.40. The molecule has 6 nitrogen and oxygen atoms in total. The molecule has 2 aromatic heterocycles. The van der Waals surface area contributed by atoms with Gasteiger partial charge in [0, 0.05) is 37.6 Å². The Hall–Kier alpha value is -1.03. The summed E-state index contributed by atoms with van der Waals surface area (Å²) in [6.07, 6.45) is 0. The van der Waals surface area contributed by atoms with Crippen LogP contribution in [-0.4, -0.2) is 48.9 Å². The number of piperazine rings is 1. The van der Waals surface area contributed by atoms with E-state index in [1.54, 1.807) is 12.1 Å². The summed E-state index contributed by atoms with van der Waals surface area (Å²) in [5.41, 5.74) is 1.84. The second-order valence-corrected chi connectivity index (χ2v) is 10.0. The first-order valence-electron chi connectivity index (χ1n) is 7.19. The molecule has 1 aliphatic heterocycles. The lowest BCUT2D eigenvalue weighted by Gasteiger charge is -2.33. The van der Waals surface area contributed by atoms with Crippen LogP contribution in [0.2, 0.25) is 0 Å². The summed E-state index contributed by atoms with van der Waals surface area (Å²) >= 11 is 4.55. The minimum atomic E-state index is -3.41. The number of sulfonamides is 1. The maximum atomic E-state index is 12.6. The fourth-order valence-corrected chi connectivity index (χ4v) is 6.13. The van der Waals surface area contributed by atoms with Crippen molar-refractivity contribution < 1.29 is 8.42 Å². The number of aromatic nitrogens is 2. The summed E-state index contributed by atoms with van der Waals surface area (Å²) in [4.78, 5) is 10.9. The predicted octanol–water partition coefficient (Wildman–Crippen LogP) is 2.43. The van der Waals surface area contributed by atoms with Crippen molar-refractivity contribution in [1.82, 2.24) is 14.3 Å². The molecule has 23 heavy (non-hydrogen) atoms. The minimum Gasteiger partial charge on any atom is -0.338 e. The average molecular weight is 417 g/mol. The van der Waals surface area contributed by atoms with Gasteiger partial charge >= 0.3 is 0 Å². The van der Waals surface area contributed by atoms with Crippen LogP contribution in [0.4, 0.5) is 5.95 Å². The molecule has 0 aliphatic carbocycles. The number of hydrogen-bond donors (Lipinski definition) is 0. The summed E-state index contributed by atoms with van der Waals surface area (Å²) in [5.74, 6) is 0.679. The van der Waals surface area contributed by atoms with E-state index in [1.165, 1.54) is 15.6 Å². The topological polar surface area (TPSA) is 66.4 Å². The highest BCUT2D eigenvalue weighted by Crippen LogP contribution is 2.29. The van der Waals surface area contributed by atoms with Crippen molar-refractivity contribution in [2.45, 2.75) is 18.1 Å². The monoisotopic (exact) mass is 416 g/mol. The Morgan fingerprint density at radius 2 is 1.70 bits per heavy atom. The van der Waals surface area contributed by atoms with Gasteiger partial charge in [-0.15, -0.1) is 11.3 Å². The molecule has 1 saturated heterocycles. The Balaban J connectivity index is 1.73. The number of rotatable bonds is 3. The molecule has 0 radical (unpaired) electrons. The molecule has 0 aromatic carbocycles. The van der Waals surface area contributed by atoms with E-state index >= 15 is 0 Å². The number of nitrogens with zero attached hydrogens (tertiary/aromatic N) is 4. The Kier molecular flexibility index (Phi) is 4.73. The molecule has 1 fully saturated rings. The van der Waals surface area contributed by atoms with E-state index in [0.29, 0.717) is 36.3 Å². The van der Waals surface area contributed by atoms with Gasteiger partial charge in [-0.3, -0.25) is 0 Å². The maximum Gasteiger partial charge on any atom is 0.252 e. The average Bonchev–Trinajstić information content (AvgIpc) is 2.94. The van der Waals surface area contributed by atoms with Crippen molar-refractivity contribution >= 4 is 43.2 Å². The van der Waals surface area contributed by atoms with Gasteiger partial charge in [-0.25, -0.2) is 18.4 Å². The molecule has 0 N–H and O–H groups in total. The van der Waals surface area contributed by atoms with Gasteiger partial charge < -0.3 is 4.90 Å². The molecule has 3 heterocycles. The van der Waals surface area contributed by atoms with Crippen LogP contribution >= 0.6 is 27.3 Å². The molecule has 0 saturated carbocycles. The SMILES string of the molecule is Cc1cc(C)nc(N2CCN(S(=O)(=O)c3ccc(Br)s3)CC2)n1. The maximum absolute atomic E-state index is 12.6. The summed E-state index contributed by atoms with van der Waals surface area (Å²) in [6, 6.07) is 5.33. The third-order valence-electron chi connectivity index (χ3n) is 3.63. The normalized spacial score (nSPS) is 16.7. The smallest absolute Gasteiger partial charge is 0.252 e. The molecule has 124 valence electrons. The second kappa shape index (κ2) is 6.46. The van der Waals surface area contributed by atoms with E-state index in [4.69, 9.17) is 0 Å². The van der Waals surface area contributed by atoms with Gasteiger partial charge in [0.25, 0.3) is 10.0 Å². The molecule has 3 rings (SSSR count). The highest BCUT2D eigenvalue weighted by Gasteiger charge is 2.30. The minimum absolute atomic E-state index is 0.375. The zero-order chi connectivity index (χ0) is 16.6. The molecule has 0 atom stereocenters. The lowest BCUT2D eigenvalue weighted by molar-refractivity contribution is 0.383. The highest BCUT2D eigenvalue weighted by atomic mass is 79.9. The van der Waals surface area contributed by atoms with Crippen molar-refractivity contribution in [1.29, 1.82) is 0 Å². The predicted molar refractivity (Wildman–Crippen MR) is 94.5 cm³/mol. The van der Waals surface area contributed by atoms with Crippen molar-refractivity contribution in [3.8, 4) is 0 Å². The molecule has 0 bridgehead atoms. The number of aryl methyl sites for hydroxylation is 2. The van der Waals surface area contributed by atoms with Crippen LogP contribution in [0.5, 0.6) is 0 Å². The molecule has 0 spiro atoms.